The summed E-state index contributed by atoms with van der Waals surface area (Å²) in [5.74, 6) is 1.49. The molecular formula is C17H22N4O2S. The lowest BCUT2D eigenvalue weighted by molar-refractivity contribution is 0.240. The van der Waals surface area contributed by atoms with Crippen LogP contribution in [-0.4, -0.2) is 34.0 Å². The van der Waals surface area contributed by atoms with Crippen LogP contribution in [0.2, 0.25) is 0 Å². The number of aromatic nitrogens is 3. The van der Waals surface area contributed by atoms with E-state index in [2.05, 4.69) is 14.8 Å². The number of hydrogen-bond donors (Lipinski definition) is 0. The number of benzene rings is 1. The maximum Gasteiger partial charge on any atom is 0.243 e. The van der Waals surface area contributed by atoms with Gasteiger partial charge in [0.05, 0.1) is 10.9 Å². The van der Waals surface area contributed by atoms with Crippen LogP contribution in [0.4, 0.5) is 0 Å². The first-order valence-electron chi connectivity index (χ1n) is 8.61. The van der Waals surface area contributed by atoms with Crippen molar-refractivity contribution in [2.45, 2.75) is 49.6 Å². The highest BCUT2D eigenvalue weighted by atomic mass is 32.2. The highest BCUT2D eigenvalue weighted by Crippen LogP contribution is 2.36. The zero-order chi connectivity index (χ0) is 16.6. The molecule has 1 aromatic heterocycles. The summed E-state index contributed by atoms with van der Waals surface area (Å²) in [5.41, 5.74) is 0. The summed E-state index contributed by atoms with van der Waals surface area (Å²) in [6, 6.07) is 8.47. The molecule has 2 heterocycles. The van der Waals surface area contributed by atoms with Crippen LogP contribution in [0.5, 0.6) is 0 Å². The van der Waals surface area contributed by atoms with Crippen molar-refractivity contribution in [3.8, 4) is 0 Å². The molecule has 2 aromatic rings. The standard InChI is InChI=1S/C17H22N4O2S/c22-24(23,15-6-2-1-3-7-15)21-11-5-4-8-16(21)17-19-18-13-20(17)12-14-9-10-14/h1-3,6-7,13-14,16H,4-5,8-12H2/t16-/m1/s1. The molecule has 1 aromatic carbocycles. The molecule has 128 valence electrons. The maximum atomic E-state index is 13.1. The number of sulfonamides is 1. The normalized spacial score (nSPS) is 22.6. The molecule has 2 fully saturated rings. The summed E-state index contributed by atoms with van der Waals surface area (Å²) in [4.78, 5) is 0.352. The zero-order valence-corrected chi connectivity index (χ0v) is 14.4. The van der Waals surface area contributed by atoms with Crippen molar-refractivity contribution >= 4 is 10.0 Å². The third kappa shape index (κ3) is 2.98. The molecule has 0 radical (unpaired) electrons. The van der Waals surface area contributed by atoms with Crippen LogP contribution >= 0.6 is 0 Å². The van der Waals surface area contributed by atoms with E-state index in [-0.39, 0.29) is 6.04 Å². The van der Waals surface area contributed by atoms with E-state index >= 15 is 0 Å². The Hall–Kier alpha value is -1.73. The number of rotatable bonds is 5. The molecule has 4 rings (SSSR count). The van der Waals surface area contributed by atoms with Gasteiger partial charge in [0, 0.05) is 13.1 Å². The highest BCUT2D eigenvalue weighted by molar-refractivity contribution is 7.89. The summed E-state index contributed by atoms with van der Waals surface area (Å²) in [6.45, 7) is 1.44. The summed E-state index contributed by atoms with van der Waals surface area (Å²) >= 11 is 0. The number of nitrogens with zero attached hydrogens (tertiary/aromatic N) is 4. The molecule has 7 heteroatoms. The van der Waals surface area contributed by atoms with Gasteiger partial charge in [-0.1, -0.05) is 24.6 Å². The second-order valence-electron chi connectivity index (χ2n) is 6.73. The van der Waals surface area contributed by atoms with Crippen molar-refractivity contribution in [2.24, 2.45) is 5.92 Å². The van der Waals surface area contributed by atoms with E-state index in [1.54, 1.807) is 34.9 Å². The molecule has 1 aliphatic carbocycles. The third-order valence-electron chi connectivity index (χ3n) is 4.90. The zero-order valence-electron chi connectivity index (χ0n) is 13.6. The molecule has 1 saturated heterocycles. The molecular weight excluding hydrogens is 324 g/mol. The van der Waals surface area contributed by atoms with Gasteiger partial charge in [-0.15, -0.1) is 10.2 Å². The van der Waals surface area contributed by atoms with Gasteiger partial charge < -0.3 is 4.57 Å². The number of hydrogen-bond acceptors (Lipinski definition) is 4. The summed E-state index contributed by atoms with van der Waals surface area (Å²) < 4.78 is 29.9. The lowest BCUT2D eigenvalue weighted by Crippen LogP contribution is -2.39. The Morgan fingerprint density at radius 2 is 1.88 bits per heavy atom. The van der Waals surface area contributed by atoms with Gasteiger partial charge in [-0.25, -0.2) is 8.42 Å². The second kappa shape index (κ2) is 6.29. The Balaban J connectivity index is 1.67. The number of piperidine rings is 1. The summed E-state index contributed by atoms with van der Waals surface area (Å²) in [6.07, 6.45) is 6.94. The van der Waals surface area contributed by atoms with Crippen LogP contribution in [0.3, 0.4) is 0 Å². The monoisotopic (exact) mass is 346 g/mol. The van der Waals surface area contributed by atoms with Crippen molar-refractivity contribution in [3.63, 3.8) is 0 Å². The highest BCUT2D eigenvalue weighted by Gasteiger charge is 2.37. The topological polar surface area (TPSA) is 68.1 Å². The predicted molar refractivity (Wildman–Crippen MR) is 89.7 cm³/mol. The van der Waals surface area contributed by atoms with Gasteiger partial charge in [0.25, 0.3) is 0 Å². The van der Waals surface area contributed by atoms with Gasteiger partial charge in [0.1, 0.15) is 6.33 Å². The molecule has 1 aliphatic heterocycles. The van der Waals surface area contributed by atoms with Crippen molar-refractivity contribution < 1.29 is 8.42 Å². The Bertz CT molecular complexity index is 799. The average molecular weight is 346 g/mol. The molecule has 0 unspecified atom stereocenters. The Labute approximate surface area is 142 Å². The first-order valence-corrected chi connectivity index (χ1v) is 10.0. The van der Waals surface area contributed by atoms with E-state index < -0.39 is 10.0 Å². The Morgan fingerprint density at radius 1 is 1.08 bits per heavy atom. The molecule has 1 atom stereocenters. The van der Waals surface area contributed by atoms with Crippen LogP contribution in [0.1, 0.15) is 44.0 Å². The van der Waals surface area contributed by atoms with Crippen molar-refractivity contribution in [1.29, 1.82) is 0 Å². The molecule has 0 spiro atoms. The minimum absolute atomic E-state index is 0.217. The fourth-order valence-corrected chi connectivity index (χ4v) is 5.10. The van der Waals surface area contributed by atoms with Crippen LogP contribution in [0, 0.1) is 5.92 Å². The lowest BCUT2D eigenvalue weighted by Gasteiger charge is -2.34. The largest absolute Gasteiger partial charge is 0.316 e. The first-order chi connectivity index (χ1) is 11.7. The molecule has 1 saturated carbocycles. The first kappa shape index (κ1) is 15.8. The molecule has 24 heavy (non-hydrogen) atoms. The van der Waals surface area contributed by atoms with Crippen LogP contribution in [-0.2, 0) is 16.6 Å². The Morgan fingerprint density at radius 3 is 2.62 bits per heavy atom. The average Bonchev–Trinajstić information content (AvgIpc) is 3.31. The molecule has 2 aliphatic rings. The van der Waals surface area contributed by atoms with E-state index in [0.717, 1.165) is 31.6 Å². The summed E-state index contributed by atoms with van der Waals surface area (Å²) in [7, 11) is -3.51. The van der Waals surface area contributed by atoms with Gasteiger partial charge in [0.2, 0.25) is 10.0 Å². The van der Waals surface area contributed by atoms with Crippen molar-refractivity contribution in [3.05, 3.63) is 42.5 Å². The second-order valence-corrected chi connectivity index (χ2v) is 8.62. The molecule has 0 bridgehead atoms. The maximum absolute atomic E-state index is 13.1. The minimum Gasteiger partial charge on any atom is -0.316 e. The van der Waals surface area contributed by atoms with Gasteiger partial charge in [-0.2, -0.15) is 4.31 Å². The fraction of sp³-hybridized carbons (Fsp3) is 0.529. The predicted octanol–water partition coefficient (Wildman–Crippen LogP) is 2.60. The van der Waals surface area contributed by atoms with E-state index in [1.807, 2.05) is 6.07 Å². The smallest absolute Gasteiger partial charge is 0.243 e. The Kier molecular flexibility index (Phi) is 4.14. The van der Waals surface area contributed by atoms with Gasteiger partial charge in [0.15, 0.2) is 5.82 Å². The van der Waals surface area contributed by atoms with E-state index in [1.165, 1.54) is 12.8 Å². The van der Waals surface area contributed by atoms with Gasteiger partial charge in [-0.05, 0) is 43.7 Å². The summed E-state index contributed by atoms with van der Waals surface area (Å²) in [5, 5.41) is 8.34. The minimum atomic E-state index is -3.51. The molecule has 0 N–H and O–H groups in total. The molecule has 0 amide bonds. The third-order valence-corrected chi connectivity index (χ3v) is 6.82. The lowest BCUT2D eigenvalue weighted by atomic mass is 10.0. The molecule has 6 nitrogen and oxygen atoms in total. The van der Waals surface area contributed by atoms with Crippen LogP contribution < -0.4 is 0 Å². The van der Waals surface area contributed by atoms with Crippen molar-refractivity contribution in [2.75, 3.05) is 6.54 Å². The van der Waals surface area contributed by atoms with Crippen LogP contribution in [0.15, 0.2) is 41.6 Å². The van der Waals surface area contributed by atoms with Crippen molar-refractivity contribution in [1.82, 2.24) is 19.1 Å². The van der Waals surface area contributed by atoms with Crippen LogP contribution in [0.25, 0.3) is 0 Å². The van der Waals surface area contributed by atoms with Gasteiger partial charge in [-0.3, -0.25) is 0 Å². The van der Waals surface area contributed by atoms with E-state index in [9.17, 15) is 8.42 Å². The quantitative estimate of drug-likeness (QED) is 0.834. The fourth-order valence-electron chi connectivity index (χ4n) is 3.42. The van der Waals surface area contributed by atoms with E-state index in [4.69, 9.17) is 0 Å². The van der Waals surface area contributed by atoms with E-state index in [0.29, 0.717) is 17.4 Å². The van der Waals surface area contributed by atoms with Gasteiger partial charge >= 0.3 is 0 Å². The SMILES string of the molecule is O=S(=O)(c1ccccc1)N1CCCC[C@@H]1c1nncn1CC1CC1.